The molecule has 0 aliphatic carbocycles. The minimum absolute atomic E-state index is 0.790. The van der Waals surface area contributed by atoms with E-state index in [0.717, 1.165) is 16.0 Å². The first-order chi connectivity index (χ1) is 6.66. The molecule has 72 valence electrons. The quantitative estimate of drug-likeness (QED) is 0.781. The normalized spacial score (nSPS) is 10.5. The van der Waals surface area contributed by atoms with E-state index in [-0.39, 0.29) is 0 Å². The van der Waals surface area contributed by atoms with Gasteiger partial charge in [0.05, 0.1) is 11.4 Å². The molecule has 0 unspecified atom stereocenters. The third-order valence-electron chi connectivity index (χ3n) is 1.99. The van der Waals surface area contributed by atoms with E-state index in [9.17, 15) is 0 Å². The van der Waals surface area contributed by atoms with Gasteiger partial charge in [-0.1, -0.05) is 17.7 Å². The summed E-state index contributed by atoms with van der Waals surface area (Å²) in [7, 11) is 0. The van der Waals surface area contributed by atoms with Crippen LogP contribution in [0.2, 0.25) is 0 Å². The van der Waals surface area contributed by atoms with Crippen LogP contribution in [0, 0.1) is 13.8 Å². The summed E-state index contributed by atoms with van der Waals surface area (Å²) in [6, 6.07) is 8.09. The molecule has 3 nitrogen and oxygen atoms in total. The Bertz CT molecular complexity index is 425. The van der Waals surface area contributed by atoms with Crippen molar-refractivity contribution >= 4 is 15.9 Å². The third-order valence-corrected chi connectivity index (χ3v) is 2.72. The molecule has 0 aliphatic rings. The Morgan fingerprint density at radius 3 is 2.21 bits per heavy atom. The molecule has 0 aliphatic heterocycles. The summed E-state index contributed by atoms with van der Waals surface area (Å²) >= 11 is 3.33. The third kappa shape index (κ3) is 1.70. The number of rotatable bonds is 1. The summed E-state index contributed by atoms with van der Waals surface area (Å²) in [5, 5.41) is 8.50. The second kappa shape index (κ2) is 3.53. The molecule has 1 aromatic heterocycles. The number of aromatic nitrogens is 3. The van der Waals surface area contributed by atoms with Crippen molar-refractivity contribution < 1.29 is 0 Å². The molecule has 2 rings (SSSR count). The van der Waals surface area contributed by atoms with Crippen molar-refractivity contribution in [3.05, 3.63) is 40.1 Å². The zero-order valence-corrected chi connectivity index (χ0v) is 9.62. The minimum atomic E-state index is 0.790. The van der Waals surface area contributed by atoms with Crippen molar-refractivity contribution in [1.29, 1.82) is 0 Å². The monoisotopic (exact) mass is 251 g/mol. The van der Waals surface area contributed by atoms with Gasteiger partial charge in [0.1, 0.15) is 0 Å². The molecule has 0 fully saturated rings. The van der Waals surface area contributed by atoms with Gasteiger partial charge >= 0.3 is 0 Å². The highest BCUT2D eigenvalue weighted by Crippen LogP contribution is 2.13. The van der Waals surface area contributed by atoms with Gasteiger partial charge < -0.3 is 0 Å². The van der Waals surface area contributed by atoms with Gasteiger partial charge in [-0.25, -0.2) is 0 Å². The molecule has 0 bridgehead atoms. The second-order valence-corrected chi connectivity index (χ2v) is 3.95. The van der Waals surface area contributed by atoms with E-state index in [2.05, 4.69) is 33.1 Å². The largest absolute Gasteiger partial charge is 0.152 e. The van der Waals surface area contributed by atoms with E-state index in [1.807, 2.05) is 31.2 Å². The number of halogens is 1. The molecular formula is C10H10BrN3. The van der Waals surface area contributed by atoms with Gasteiger partial charge in [-0.3, -0.25) is 0 Å². The fourth-order valence-electron chi connectivity index (χ4n) is 1.15. The summed E-state index contributed by atoms with van der Waals surface area (Å²) in [5.41, 5.74) is 3.10. The van der Waals surface area contributed by atoms with Crippen molar-refractivity contribution in [2.24, 2.45) is 0 Å². The van der Waals surface area contributed by atoms with Crippen LogP contribution in [0.4, 0.5) is 0 Å². The highest BCUT2D eigenvalue weighted by molar-refractivity contribution is 9.10. The summed E-state index contributed by atoms with van der Waals surface area (Å²) in [4.78, 5) is 1.62. The lowest BCUT2D eigenvalue weighted by Crippen LogP contribution is -1.98. The molecule has 1 aromatic carbocycles. The molecular weight excluding hydrogens is 242 g/mol. The van der Waals surface area contributed by atoms with E-state index in [0.29, 0.717) is 0 Å². The van der Waals surface area contributed by atoms with Crippen LogP contribution in [-0.2, 0) is 0 Å². The SMILES string of the molecule is Cc1ccc(-n2nc(C)c(Br)n2)cc1. The van der Waals surface area contributed by atoms with Gasteiger partial charge in [-0.2, -0.15) is 9.90 Å². The summed E-state index contributed by atoms with van der Waals surface area (Å²) < 4.78 is 0.790. The lowest BCUT2D eigenvalue weighted by atomic mass is 10.2. The van der Waals surface area contributed by atoms with Crippen molar-refractivity contribution in [2.75, 3.05) is 0 Å². The molecule has 2 aromatic rings. The number of benzene rings is 1. The average molecular weight is 252 g/mol. The van der Waals surface area contributed by atoms with Gasteiger partial charge in [-0.05, 0) is 41.9 Å². The van der Waals surface area contributed by atoms with Gasteiger partial charge in [0.25, 0.3) is 0 Å². The average Bonchev–Trinajstić information content (AvgIpc) is 2.48. The van der Waals surface area contributed by atoms with Crippen molar-refractivity contribution in [2.45, 2.75) is 13.8 Å². The fourth-order valence-corrected chi connectivity index (χ4v) is 1.38. The van der Waals surface area contributed by atoms with Crippen LogP contribution < -0.4 is 0 Å². The first-order valence-electron chi connectivity index (χ1n) is 4.33. The highest BCUT2D eigenvalue weighted by Gasteiger charge is 2.04. The molecule has 14 heavy (non-hydrogen) atoms. The Balaban J connectivity index is 2.44. The minimum Gasteiger partial charge on any atom is -0.152 e. The Kier molecular flexibility index (Phi) is 2.37. The summed E-state index contributed by atoms with van der Waals surface area (Å²) in [5.74, 6) is 0. The molecule has 4 heteroatoms. The van der Waals surface area contributed by atoms with Gasteiger partial charge in [0, 0.05) is 0 Å². The molecule has 0 spiro atoms. The summed E-state index contributed by atoms with van der Waals surface area (Å²) in [6.45, 7) is 3.98. The maximum absolute atomic E-state index is 4.27. The van der Waals surface area contributed by atoms with Crippen molar-refractivity contribution in [3.8, 4) is 5.69 Å². The predicted octanol–water partition coefficient (Wildman–Crippen LogP) is 2.65. The summed E-state index contributed by atoms with van der Waals surface area (Å²) in [6.07, 6.45) is 0. The molecule has 0 amide bonds. The maximum atomic E-state index is 4.27. The van der Waals surface area contributed by atoms with E-state index >= 15 is 0 Å². The molecule has 0 saturated carbocycles. The standard InChI is InChI=1S/C10H10BrN3/c1-7-3-5-9(6-4-7)14-12-8(2)10(11)13-14/h3-6H,1-2H3. The highest BCUT2D eigenvalue weighted by atomic mass is 79.9. The zero-order valence-electron chi connectivity index (χ0n) is 8.03. The molecule has 0 atom stereocenters. The Hall–Kier alpha value is -1.16. The second-order valence-electron chi connectivity index (χ2n) is 3.20. The number of aryl methyl sites for hydroxylation is 2. The Labute approximate surface area is 90.9 Å². The van der Waals surface area contributed by atoms with E-state index < -0.39 is 0 Å². The molecule has 0 N–H and O–H groups in total. The van der Waals surface area contributed by atoms with Crippen molar-refractivity contribution in [1.82, 2.24) is 15.0 Å². The lowest BCUT2D eigenvalue weighted by Gasteiger charge is -1.98. The predicted molar refractivity (Wildman–Crippen MR) is 58.5 cm³/mol. The van der Waals surface area contributed by atoms with Crippen molar-refractivity contribution in [3.63, 3.8) is 0 Å². The van der Waals surface area contributed by atoms with Crippen LogP contribution in [0.25, 0.3) is 5.69 Å². The zero-order chi connectivity index (χ0) is 10.1. The number of nitrogens with zero attached hydrogens (tertiary/aromatic N) is 3. The smallest absolute Gasteiger partial charge is 0.151 e. The topological polar surface area (TPSA) is 30.7 Å². The van der Waals surface area contributed by atoms with Gasteiger partial charge in [0.2, 0.25) is 0 Å². The Morgan fingerprint density at radius 2 is 1.71 bits per heavy atom. The molecule has 0 radical (unpaired) electrons. The number of hydrogen-bond donors (Lipinski definition) is 0. The van der Waals surface area contributed by atoms with Crippen LogP contribution in [0.1, 0.15) is 11.3 Å². The first-order valence-corrected chi connectivity index (χ1v) is 5.12. The van der Waals surface area contributed by atoms with Gasteiger partial charge in [0.15, 0.2) is 4.60 Å². The van der Waals surface area contributed by atoms with Crippen LogP contribution in [0.15, 0.2) is 28.9 Å². The molecule has 0 saturated heterocycles. The van der Waals surface area contributed by atoms with Gasteiger partial charge in [-0.15, -0.1) is 5.10 Å². The fraction of sp³-hybridized carbons (Fsp3) is 0.200. The Morgan fingerprint density at radius 1 is 1.07 bits per heavy atom. The first kappa shape index (κ1) is 9.40. The lowest BCUT2D eigenvalue weighted by molar-refractivity contribution is 0.742. The van der Waals surface area contributed by atoms with E-state index in [1.54, 1.807) is 4.80 Å². The molecule has 1 heterocycles. The number of hydrogen-bond acceptors (Lipinski definition) is 2. The maximum Gasteiger partial charge on any atom is 0.151 e. The van der Waals surface area contributed by atoms with E-state index in [4.69, 9.17) is 0 Å². The van der Waals surface area contributed by atoms with Crippen LogP contribution in [0.3, 0.4) is 0 Å². The van der Waals surface area contributed by atoms with Crippen LogP contribution in [0.5, 0.6) is 0 Å². The van der Waals surface area contributed by atoms with E-state index in [1.165, 1.54) is 5.56 Å². The van der Waals surface area contributed by atoms with Crippen LogP contribution in [-0.4, -0.2) is 15.0 Å². The van der Waals surface area contributed by atoms with Crippen LogP contribution >= 0.6 is 15.9 Å².